The number of nitrogens with zero attached hydrogens (tertiary/aromatic N) is 2. The highest BCUT2D eigenvalue weighted by Gasteiger charge is 2.25. The third-order valence-electron chi connectivity index (χ3n) is 3.24. The van der Waals surface area contributed by atoms with Crippen molar-refractivity contribution >= 4 is 5.91 Å². The Labute approximate surface area is 114 Å². The minimum Gasteiger partial charge on any atom is -0.352 e. The first kappa shape index (κ1) is 12.6. The zero-order valence-electron chi connectivity index (χ0n) is 10.8. The molecule has 0 saturated heterocycles. The van der Waals surface area contributed by atoms with Crippen LogP contribution >= 0.6 is 0 Å². The maximum absolute atomic E-state index is 12.0. The third-order valence-corrected chi connectivity index (χ3v) is 3.24. The van der Waals surface area contributed by atoms with Gasteiger partial charge in [0.15, 0.2) is 0 Å². The summed E-state index contributed by atoms with van der Waals surface area (Å²) in [7, 11) is 0. The molecule has 0 bridgehead atoms. The summed E-state index contributed by atoms with van der Waals surface area (Å²) in [6, 6.07) is 3.56. The average molecular weight is 273 g/mol. The van der Waals surface area contributed by atoms with E-state index in [1.165, 1.54) is 0 Å². The van der Waals surface area contributed by atoms with E-state index < -0.39 is 0 Å². The molecule has 2 heterocycles. The van der Waals surface area contributed by atoms with Gasteiger partial charge in [-0.3, -0.25) is 14.8 Å². The Hall–Kier alpha value is -2.44. The molecule has 3 N–H and O–H groups in total. The van der Waals surface area contributed by atoms with E-state index in [9.17, 15) is 9.59 Å². The molecule has 0 atom stereocenters. The Kier molecular flexibility index (Phi) is 3.32. The van der Waals surface area contributed by atoms with Crippen LogP contribution in [0.5, 0.6) is 0 Å². The zero-order valence-corrected chi connectivity index (χ0v) is 10.8. The normalized spacial score (nSPS) is 14.2. The average Bonchev–Trinajstić information content (AvgIpc) is 3.23. The summed E-state index contributed by atoms with van der Waals surface area (Å²) in [5.41, 5.74) is 1.28. The predicted molar refractivity (Wildman–Crippen MR) is 71.5 cm³/mol. The van der Waals surface area contributed by atoms with Crippen molar-refractivity contribution in [2.75, 3.05) is 6.54 Å². The topological polar surface area (TPSA) is 104 Å². The van der Waals surface area contributed by atoms with Crippen LogP contribution in [0.15, 0.2) is 23.1 Å². The second kappa shape index (κ2) is 5.28. The number of aromatic amines is 2. The van der Waals surface area contributed by atoms with Crippen LogP contribution in [0.2, 0.25) is 0 Å². The van der Waals surface area contributed by atoms with Crippen LogP contribution in [0.3, 0.4) is 0 Å². The Balaban J connectivity index is 1.56. The molecule has 1 fully saturated rings. The number of hydrogen-bond acceptors (Lipinski definition) is 4. The molecule has 0 aliphatic heterocycles. The number of H-pyrrole nitrogens is 2. The molecule has 7 heteroatoms. The van der Waals surface area contributed by atoms with Gasteiger partial charge >= 0.3 is 5.69 Å². The highest BCUT2D eigenvalue weighted by atomic mass is 16.2. The molecule has 104 valence electrons. The second-order valence-corrected chi connectivity index (χ2v) is 4.87. The molecule has 1 aliphatic carbocycles. The molecule has 1 saturated carbocycles. The molecule has 1 amide bonds. The zero-order chi connectivity index (χ0) is 13.9. The lowest BCUT2D eigenvalue weighted by molar-refractivity contribution is 0.0954. The lowest BCUT2D eigenvalue weighted by Crippen LogP contribution is -2.26. The van der Waals surface area contributed by atoms with E-state index in [4.69, 9.17) is 0 Å². The molecule has 1 aliphatic rings. The van der Waals surface area contributed by atoms with E-state index >= 15 is 0 Å². The van der Waals surface area contributed by atoms with E-state index in [-0.39, 0.29) is 11.6 Å². The van der Waals surface area contributed by atoms with Crippen LogP contribution < -0.4 is 11.0 Å². The van der Waals surface area contributed by atoms with Gasteiger partial charge in [-0.05, 0) is 25.0 Å². The summed E-state index contributed by atoms with van der Waals surface area (Å²) in [6.07, 6.45) is 4.47. The molecule has 0 radical (unpaired) electrons. The van der Waals surface area contributed by atoms with Crippen LogP contribution in [0, 0.1) is 0 Å². The lowest BCUT2D eigenvalue weighted by Gasteiger charge is -2.05. The molecule has 0 aromatic carbocycles. The second-order valence-electron chi connectivity index (χ2n) is 4.87. The number of aromatic nitrogens is 4. The summed E-state index contributed by atoms with van der Waals surface area (Å²) in [5, 5.41) is 8.86. The van der Waals surface area contributed by atoms with E-state index in [0.717, 1.165) is 18.5 Å². The molecule has 2 aromatic rings. The smallest absolute Gasteiger partial charge is 0.340 e. The maximum atomic E-state index is 12.0. The van der Waals surface area contributed by atoms with E-state index in [1.54, 1.807) is 12.3 Å². The molecule has 0 unspecified atom stereocenters. The fourth-order valence-corrected chi connectivity index (χ4v) is 2.01. The van der Waals surface area contributed by atoms with Crippen molar-refractivity contribution in [3.63, 3.8) is 0 Å². The van der Waals surface area contributed by atoms with Gasteiger partial charge in [0.2, 0.25) is 0 Å². The summed E-state index contributed by atoms with van der Waals surface area (Å²) in [4.78, 5) is 29.7. The van der Waals surface area contributed by atoms with Crippen molar-refractivity contribution in [2.45, 2.75) is 25.2 Å². The summed E-state index contributed by atoms with van der Waals surface area (Å²) >= 11 is 0. The van der Waals surface area contributed by atoms with Crippen LogP contribution in [0.1, 0.15) is 40.6 Å². The van der Waals surface area contributed by atoms with Gasteiger partial charge in [-0.25, -0.2) is 9.89 Å². The molecule has 0 spiro atoms. The Bertz CT molecular complexity index is 671. The monoisotopic (exact) mass is 273 g/mol. The van der Waals surface area contributed by atoms with Crippen LogP contribution in [0.4, 0.5) is 0 Å². The minimum atomic E-state index is -0.338. The standard InChI is InChI=1S/C13H15N5O2/c19-12(15-6-4-11-16-13(20)18-17-11)9-3-5-14-10(7-9)8-1-2-8/h3,5,7-8H,1-2,4,6H2,(H,15,19)(H2,16,17,18,20). The molecular weight excluding hydrogens is 258 g/mol. The number of carbonyl (C=O) groups excluding carboxylic acids is 1. The molecule has 3 rings (SSSR count). The predicted octanol–water partition coefficient (Wildman–Crippen LogP) is 0.343. The Morgan fingerprint density at radius 2 is 2.30 bits per heavy atom. The molecule has 2 aromatic heterocycles. The van der Waals surface area contributed by atoms with Crippen molar-refractivity contribution < 1.29 is 4.79 Å². The SMILES string of the molecule is O=C(NCCc1n[nH]c(=O)[nH]1)c1ccnc(C2CC2)c1. The van der Waals surface area contributed by atoms with Crippen LogP contribution in [0.25, 0.3) is 0 Å². The van der Waals surface area contributed by atoms with Crippen molar-refractivity contribution in [2.24, 2.45) is 0 Å². The highest BCUT2D eigenvalue weighted by molar-refractivity contribution is 5.94. The van der Waals surface area contributed by atoms with E-state index in [0.29, 0.717) is 30.3 Å². The van der Waals surface area contributed by atoms with Crippen molar-refractivity contribution in [3.05, 3.63) is 45.9 Å². The minimum absolute atomic E-state index is 0.132. The van der Waals surface area contributed by atoms with Gasteiger partial charge in [0, 0.05) is 36.3 Å². The van der Waals surface area contributed by atoms with Crippen LogP contribution in [-0.2, 0) is 6.42 Å². The maximum Gasteiger partial charge on any atom is 0.340 e. The number of pyridine rings is 1. The number of nitrogens with one attached hydrogen (secondary N) is 3. The number of carbonyl (C=O) groups is 1. The third kappa shape index (κ3) is 2.93. The fourth-order valence-electron chi connectivity index (χ4n) is 2.01. The van der Waals surface area contributed by atoms with Gasteiger partial charge in [-0.2, -0.15) is 5.10 Å². The lowest BCUT2D eigenvalue weighted by atomic mass is 10.1. The summed E-state index contributed by atoms with van der Waals surface area (Å²) < 4.78 is 0. The van der Waals surface area contributed by atoms with Gasteiger partial charge in [-0.1, -0.05) is 0 Å². The first-order valence-corrected chi connectivity index (χ1v) is 6.60. The molecular formula is C13H15N5O2. The Morgan fingerprint density at radius 1 is 1.45 bits per heavy atom. The van der Waals surface area contributed by atoms with Crippen LogP contribution in [-0.4, -0.2) is 32.6 Å². The van der Waals surface area contributed by atoms with Gasteiger partial charge in [0.25, 0.3) is 5.91 Å². The van der Waals surface area contributed by atoms with Crippen molar-refractivity contribution in [1.29, 1.82) is 0 Å². The number of amides is 1. The number of rotatable bonds is 5. The van der Waals surface area contributed by atoms with Crippen molar-refractivity contribution in [3.8, 4) is 0 Å². The van der Waals surface area contributed by atoms with E-state index in [1.807, 2.05) is 6.07 Å². The number of hydrogen-bond donors (Lipinski definition) is 3. The quantitative estimate of drug-likeness (QED) is 0.731. The highest BCUT2D eigenvalue weighted by Crippen LogP contribution is 2.38. The summed E-state index contributed by atoms with van der Waals surface area (Å²) in [6.45, 7) is 0.417. The Morgan fingerprint density at radius 3 is 3.00 bits per heavy atom. The fraction of sp³-hybridized carbons (Fsp3) is 0.385. The van der Waals surface area contributed by atoms with Gasteiger partial charge in [-0.15, -0.1) is 0 Å². The summed E-state index contributed by atoms with van der Waals surface area (Å²) in [5.74, 6) is 0.924. The first-order valence-electron chi connectivity index (χ1n) is 6.60. The largest absolute Gasteiger partial charge is 0.352 e. The van der Waals surface area contributed by atoms with Gasteiger partial charge in [0.05, 0.1) is 0 Å². The molecule has 20 heavy (non-hydrogen) atoms. The first-order chi connectivity index (χ1) is 9.72. The molecule has 7 nitrogen and oxygen atoms in total. The van der Waals surface area contributed by atoms with Gasteiger partial charge in [0.1, 0.15) is 5.82 Å². The van der Waals surface area contributed by atoms with Crippen molar-refractivity contribution in [1.82, 2.24) is 25.5 Å². The van der Waals surface area contributed by atoms with E-state index in [2.05, 4.69) is 25.5 Å². The van der Waals surface area contributed by atoms with Gasteiger partial charge < -0.3 is 5.32 Å².